The molecular formula is C13H23N5O2. The van der Waals surface area contributed by atoms with E-state index in [-0.39, 0.29) is 18.6 Å². The lowest BCUT2D eigenvalue weighted by Crippen LogP contribution is -2.35. The van der Waals surface area contributed by atoms with Crippen LogP contribution >= 0.6 is 0 Å². The zero-order valence-corrected chi connectivity index (χ0v) is 11.9. The summed E-state index contributed by atoms with van der Waals surface area (Å²) in [5.41, 5.74) is 0.347. The standard InChI is InChI=1S/C13H23N5O2/c1-2-10(5-8-19)15-13(20)12-9-18(17-16-12)11-3-6-14-7-4-11/h9-11,14,19H,2-8H2,1H3,(H,15,20). The van der Waals surface area contributed by atoms with Crippen LogP contribution in [0.3, 0.4) is 0 Å². The lowest BCUT2D eigenvalue weighted by Gasteiger charge is -2.22. The van der Waals surface area contributed by atoms with Crippen LogP contribution in [0.4, 0.5) is 0 Å². The van der Waals surface area contributed by atoms with Crippen LogP contribution in [0.1, 0.15) is 49.1 Å². The second-order valence-corrected chi connectivity index (χ2v) is 5.16. The first-order chi connectivity index (χ1) is 9.74. The Morgan fingerprint density at radius 3 is 3.00 bits per heavy atom. The van der Waals surface area contributed by atoms with Gasteiger partial charge in [-0.25, -0.2) is 4.68 Å². The maximum Gasteiger partial charge on any atom is 0.273 e. The third-order valence-electron chi connectivity index (χ3n) is 3.73. The number of aliphatic hydroxyl groups excluding tert-OH is 1. The number of carbonyl (C=O) groups is 1. The number of piperidine rings is 1. The van der Waals surface area contributed by atoms with Crippen molar-refractivity contribution < 1.29 is 9.90 Å². The van der Waals surface area contributed by atoms with Crippen molar-refractivity contribution in [3.05, 3.63) is 11.9 Å². The Labute approximate surface area is 118 Å². The van der Waals surface area contributed by atoms with E-state index in [2.05, 4.69) is 20.9 Å². The lowest BCUT2D eigenvalue weighted by atomic mass is 10.1. The molecule has 0 aromatic carbocycles. The number of rotatable bonds is 6. The molecule has 7 nitrogen and oxygen atoms in total. The van der Waals surface area contributed by atoms with E-state index in [1.54, 1.807) is 10.9 Å². The monoisotopic (exact) mass is 281 g/mol. The molecule has 1 aromatic heterocycles. The number of amides is 1. The molecule has 3 N–H and O–H groups in total. The highest BCUT2D eigenvalue weighted by atomic mass is 16.3. The van der Waals surface area contributed by atoms with Crippen molar-refractivity contribution in [1.82, 2.24) is 25.6 Å². The molecule has 1 fully saturated rings. The molecule has 0 spiro atoms. The quantitative estimate of drug-likeness (QED) is 0.687. The average Bonchev–Trinajstić information content (AvgIpc) is 2.97. The third kappa shape index (κ3) is 3.77. The molecule has 0 aliphatic carbocycles. The van der Waals surface area contributed by atoms with Crippen LogP contribution in [0, 0.1) is 0 Å². The van der Waals surface area contributed by atoms with E-state index in [0.717, 1.165) is 32.4 Å². The fraction of sp³-hybridized carbons (Fsp3) is 0.769. The van der Waals surface area contributed by atoms with Crippen molar-refractivity contribution in [2.75, 3.05) is 19.7 Å². The second kappa shape index (κ2) is 7.35. The molecule has 0 radical (unpaired) electrons. The fourth-order valence-electron chi connectivity index (χ4n) is 2.42. The van der Waals surface area contributed by atoms with Gasteiger partial charge in [0.2, 0.25) is 0 Å². The third-order valence-corrected chi connectivity index (χ3v) is 3.73. The first-order valence-corrected chi connectivity index (χ1v) is 7.28. The van der Waals surface area contributed by atoms with E-state index >= 15 is 0 Å². The number of carbonyl (C=O) groups excluding carboxylic acids is 1. The maximum atomic E-state index is 12.1. The molecule has 1 aliphatic rings. The molecule has 20 heavy (non-hydrogen) atoms. The Balaban J connectivity index is 1.95. The van der Waals surface area contributed by atoms with Crippen LogP contribution in [0.2, 0.25) is 0 Å². The Kier molecular flexibility index (Phi) is 5.49. The fourth-order valence-corrected chi connectivity index (χ4v) is 2.42. The molecule has 1 aliphatic heterocycles. The number of nitrogens with one attached hydrogen (secondary N) is 2. The average molecular weight is 281 g/mol. The van der Waals surface area contributed by atoms with E-state index < -0.39 is 0 Å². The van der Waals surface area contributed by atoms with Gasteiger partial charge in [-0.2, -0.15) is 0 Å². The first-order valence-electron chi connectivity index (χ1n) is 7.28. The summed E-state index contributed by atoms with van der Waals surface area (Å²) >= 11 is 0. The lowest BCUT2D eigenvalue weighted by molar-refractivity contribution is 0.0924. The molecular weight excluding hydrogens is 258 g/mol. The number of hydrogen-bond acceptors (Lipinski definition) is 5. The van der Waals surface area contributed by atoms with Crippen molar-refractivity contribution in [3.63, 3.8) is 0 Å². The minimum atomic E-state index is -0.217. The maximum absolute atomic E-state index is 12.1. The molecule has 1 aromatic rings. The smallest absolute Gasteiger partial charge is 0.273 e. The summed E-state index contributed by atoms with van der Waals surface area (Å²) < 4.78 is 1.79. The van der Waals surface area contributed by atoms with Crippen molar-refractivity contribution in [1.29, 1.82) is 0 Å². The number of aliphatic hydroxyl groups is 1. The van der Waals surface area contributed by atoms with Gasteiger partial charge in [0, 0.05) is 12.6 Å². The van der Waals surface area contributed by atoms with E-state index in [0.29, 0.717) is 18.2 Å². The van der Waals surface area contributed by atoms with Crippen LogP contribution in [0.5, 0.6) is 0 Å². The molecule has 2 heterocycles. The summed E-state index contributed by atoms with van der Waals surface area (Å²) in [6.45, 7) is 3.99. The largest absolute Gasteiger partial charge is 0.396 e. The van der Waals surface area contributed by atoms with Gasteiger partial charge in [-0.05, 0) is 38.8 Å². The molecule has 1 saturated heterocycles. The molecule has 7 heteroatoms. The summed E-state index contributed by atoms with van der Waals surface area (Å²) in [7, 11) is 0. The van der Waals surface area contributed by atoms with Crippen LogP contribution in [-0.2, 0) is 0 Å². The minimum absolute atomic E-state index is 0.0171. The molecule has 0 saturated carbocycles. The summed E-state index contributed by atoms with van der Waals surface area (Å²) in [6, 6.07) is 0.307. The van der Waals surface area contributed by atoms with Crippen molar-refractivity contribution in [3.8, 4) is 0 Å². The first kappa shape index (κ1) is 14.9. The summed E-state index contributed by atoms with van der Waals surface area (Å²) in [5, 5.41) is 23.1. The highest BCUT2D eigenvalue weighted by Crippen LogP contribution is 2.17. The van der Waals surface area contributed by atoms with Gasteiger partial charge >= 0.3 is 0 Å². The van der Waals surface area contributed by atoms with E-state index in [4.69, 9.17) is 5.11 Å². The summed E-state index contributed by atoms with van der Waals surface area (Å²) in [5.74, 6) is -0.217. The molecule has 1 unspecified atom stereocenters. The predicted octanol–water partition coefficient (Wildman–Crippen LogP) is 0.0934. The topological polar surface area (TPSA) is 92.1 Å². The van der Waals surface area contributed by atoms with Gasteiger partial charge in [0.15, 0.2) is 5.69 Å². The van der Waals surface area contributed by atoms with E-state index in [1.807, 2.05) is 6.92 Å². The Morgan fingerprint density at radius 1 is 1.60 bits per heavy atom. The number of nitrogens with zero attached hydrogens (tertiary/aromatic N) is 3. The van der Waals surface area contributed by atoms with Gasteiger partial charge in [0.25, 0.3) is 5.91 Å². The predicted molar refractivity (Wildman–Crippen MR) is 74.4 cm³/mol. The van der Waals surface area contributed by atoms with Crippen molar-refractivity contribution in [2.24, 2.45) is 0 Å². The van der Waals surface area contributed by atoms with Gasteiger partial charge < -0.3 is 15.7 Å². The molecule has 2 rings (SSSR count). The SMILES string of the molecule is CCC(CCO)NC(=O)c1cn(C2CCNCC2)nn1. The number of aromatic nitrogens is 3. The van der Waals surface area contributed by atoms with E-state index in [1.165, 1.54) is 0 Å². The summed E-state index contributed by atoms with van der Waals surface area (Å²) in [6.07, 6.45) is 5.08. The van der Waals surface area contributed by atoms with E-state index in [9.17, 15) is 4.79 Å². The Bertz CT molecular complexity index is 428. The highest BCUT2D eigenvalue weighted by Gasteiger charge is 2.19. The zero-order valence-electron chi connectivity index (χ0n) is 11.9. The molecule has 112 valence electrons. The minimum Gasteiger partial charge on any atom is -0.396 e. The number of hydrogen-bond donors (Lipinski definition) is 3. The van der Waals surface area contributed by atoms with Gasteiger partial charge in [0.1, 0.15) is 0 Å². The van der Waals surface area contributed by atoms with Crippen LogP contribution in [0.25, 0.3) is 0 Å². The van der Waals surface area contributed by atoms with Crippen molar-refractivity contribution >= 4 is 5.91 Å². The van der Waals surface area contributed by atoms with Crippen LogP contribution in [-0.4, -0.2) is 51.7 Å². The van der Waals surface area contributed by atoms with Gasteiger partial charge in [-0.15, -0.1) is 5.10 Å². The Hall–Kier alpha value is -1.47. The summed E-state index contributed by atoms with van der Waals surface area (Å²) in [4.78, 5) is 12.1. The van der Waals surface area contributed by atoms with Crippen LogP contribution < -0.4 is 10.6 Å². The molecule has 1 atom stereocenters. The van der Waals surface area contributed by atoms with Gasteiger partial charge in [-0.1, -0.05) is 12.1 Å². The van der Waals surface area contributed by atoms with Crippen molar-refractivity contribution in [2.45, 2.75) is 44.7 Å². The van der Waals surface area contributed by atoms with Gasteiger partial charge in [-0.3, -0.25) is 4.79 Å². The normalized spacial score (nSPS) is 17.9. The molecule has 1 amide bonds. The Morgan fingerprint density at radius 2 is 2.35 bits per heavy atom. The van der Waals surface area contributed by atoms with Gasteiger partial charge in [0.05, 0.1) is 12.2 Å². The second-order valence-electron chi connectivity index (χ2n) is 5.16. The highest BCUT2D eigenvalue weighted by molar-refractivity contribution is 5.92. The molecule has 0 bridgehead atoms. The zero-order chi connectivity index (χ0) is 14.4. The van der Waals surface area contributed by atoms with Crippen LogP contribution in [0.15, 0.2) is 6.20 Å².